The summed E-state index contributed by atoms with van der Waals surface area (Å²) in [6.45, 7) is 4.67. The molecule has 8 rings (SSSR count). The second-order valence-electron chi connectivity index (χ2n) is 17.0. The number of nitrogens with one attached hydrogen (secondary N) is 3. The molecule has 0 radical (unpaired) electrons. The predicted octanol–water partition coefficient (Wildman–Crippen LogP) is 8.11. The van der Waals surface area contributed by atoms with Gasteiger partial charge in [0, 0.05) is 41.4 Å². The molecular formula is C43H44F5N7O6S. The number of para-hydroxylation sites is 1. The molecule has 3 fully saturated rings. The highest BCUT2D eigenvalue weighted by molar-refractivity contribution is 7.18. The molecule has 2 saturated heterocycles. The number of halogens is 5. The van der Waals surface area contributed by atoms with Gasteiger partial charge in [0.15, 0.2) is 5.58 Å². The lowest BCUT2D eigenvalue weighted by Crippen LogP contribution is -2.47. The van der Waals surface area contributed by atoms with Crippen LogP contribution in [0.2, 0.25) is 0 Å². The Morgan fingerprint density at radius 3 is 2.34 bits per heavy atom. The normalized spacial score (nSPS) is 21.0. The predicted molar refractivity (Wildman–Crippen MR) is 219 cm³/mol. The maximum absolute atomic E-state index is 15.7. The van der Waals surface area contributed by atoms with Crippen molar-refractivity contribution in [3.8, 4) is 0 Å². The molecule has 19 heteroatoms. The molecule has 1 unspecified atom stereocenters. The van der Waals surface area contributed by atoms with Crippen molar-refractivity contribution >= 4 is 67.5 Å². The maximum Gasteiger partial charge on any atom is 0.433 e. The van der Waals surface area contributed by atoms with Crippen molar-refractivity contribution < 1.29 is 50.8 Å². The Hall–Kier alpha value is -5.40. The van der Waals surface area contributed by atoms with Crippen LogP contribution in [0.25, 0.3) is 21.2 Å². The van der Waals surface area contributed by atoms with Crippen LogP contribution in [0, 0.1) is 11.8 Å². The minimum absolute atomic E-state index is 0.0134. The molecule has 13 nitrogen and oxygen atoms in total. The van der Waals surface area contributed by atoms with E-state index >= 15 is 8.78 Å². The van der Waals surface area contributed by atoms with E-state index in [0.29, 0.717) is 35.5 Å². The lowest BCUT2D eigenvalue weighted by atomic mass is 9.81. The fourth-order valence-corrected chi connectivity index (χ4v) is 9.95. The van der Waals surface area contributed by atoms with Crippen molar-refractivity contribution in [3.05, 3.63) is 76.2 Å². The summed E-state index contributed by atoms with van der Waals surface area (Å²) < 4.78 is 77.3. The highest BCUT2D eigenvalue weighted by atomic mass is 32.1. The molecule has 3 aromatic heterocycles. The molecular weight excluding hydrogens is 838 g/mol. The SMILES string of the molecule is CC(C)(O)c1cc2nc(C3CCC(CN4CCC(C(F)(F)C(=O)Nc5cccc6c(C7CCC(=O)NC7=O)noc56)CC4)CC3)sc2cc1NC(=O)c1cccc(C(F)(F)F)n1. The van der Waals surface area contributed by atoms with Crippen LogP contribution in [-0.4, -0.2) is 74.3 Å². The number of imide groups is 1. The number of aliphatic hydroxyl groups is 1. The van der Waals surface area contributed by atoms with Crippen molar-refractivity contribution in [1.82, 2.24) is 25.3 Å². The van der Waals surface area contributed by atoms with E-state index in [1.807, 2.05) is 0 Å². The number of carbonyl (C=O) groups excluding carboxylic acids is 4. The quantitative estimate of drug-likeness (QED) is 0.0791. The second-order valence-corrected chi connectivity index (χ2v) is 18.0. The van der Waals surface area contributed by atoms with Gasteiger partial charge in [-0.25, -0.2) is 9.97 Å². The Bertz CT molecular complexity index is 2540. The van der Waals surface area contributed by atoms with E-state index < -0.39 is 58.6 Å². The van der Waals surface area contributed by atoms with E-state index in [9.17, 15) is 37.5 Å². The summed E-state index contributed by atoms with van der Waals surface area (Å²) in [5, 5.41) is 23.5. The minimum atomic E-state index is -4.72. The van der Waals surface area contributed by atoms with E-state index in [0.717, 1.165) is 54.1 Å². The van der Waals surface area contributed by atoms with Crippen molar-refractivity contribution in [3.63, 3.8) is 0 Å². The number of anilines is 2. The Labute approximate surface area is 355 Å². The third-order valence-electron chi connectivity index (χ3n) is 12.2. The molecule has 328 valence electrons. The average Bonchev–Trinajstić information content (AvgIpc) is 3.85. The van der Waals surface area contributed by atoms with Crippen molar-refractivity contribution in [1.29, 1.82) is 0 Å². The number of fused-ring (bicyclic) bond motifs is 2. The first-order valence-electron chi connectivity index (χ1n) is 20.5. The van der Waals surface area contributed by atoms with Crippen molar-refractivity contribution in [2.75, 3.05) is 30.3 Å². The molecule has 0 spiro atoms. The number of alkyl halides is 5. The summed E-state index contributed by atoms with van der Waals surface area (Å²) in [6, 6.07) is 11.0. The smallest absolute Gasteiger partial charge is 0.386 e. The number of likely N-dealkylation sites (tertiary alicyclic amines) is 1. The van der Waals surface area contributed by atoms with Gasteiger partial charge in [0.05, 0.1) is 32.4 Å². The number of rotatable bonds is 10. The second kappa shape index (κ2) is 16.7. The third-order valence-corrected chi connectivity index (χ3v) is 13.4. The molecule has 5 heterocycles. The summed E-state index contributed by atoms with van der Waals surface area (Å²) in [7, 11) is 0. The number of aromatic nitrogens is 3. The molecule has 2 aromatic carbocycles. The van der Waals surface area contributed by atoms with Crippen LogP contribution in [-0.2, 0) is 26.2 Å². The molecule has 4 N–H and O–H groups in total. The van der Waals surface area contributed by atoms with Crippen LogP contribution in [0.5, 0.6) is 0 Å². The van der Waals surface area contributed by atoms with Gasteiger partial charge in [-0.1, -0.05) is 17.3 Å². The van der Waals surface area contributed by atoms with E-state index in [1.165, 1.54) is 37.3 Å². The molecule has 4 amide bonds. The summed E-state index contributed by atoms with van der Waals surface area (Å²) in [4.78, 5) is 60.8. The number of nitrogens with zero attached hydrogens (tertiary/aromatic N) is 4. The third kappa shape index (κ3) is 8.92. The largest absolute Gasteiger partial charge is 0.433 e. The topological polar surface area (TPSA) is 180 Å². The Morgan fingerprint density at radius 1 is 0.919 bits per heavy atom. The molecule has 1 aliphatic carbocycles. The molecule has 1 saturated carbocycles. The zero-order valence-electron chi connectivity index (χ0n) is 33.8. The highest BCUT2D eigenvalue weighted by Crippen LogP contribution is 2.43. The van der Waals surface area contributed by atoms with Crippen LogP contribution in [0.3, 0.4) is 0 Å². The number of hydrogen-bond donors (Lipinski definition) is 4. The van der Waals surface area contributed by atoms with Gasteiger partial charge in [-0.3, -0.25) is 24.5 Å². The summed E-state index contributed by atoms with van der Waals surface area (Å²) >= 11 is 1.46. The first-order valence-corrected chi connectivity index (χ1v) is 21.3. The summed E-state index contributed by atoms with van der Waals surface area (Å²) in [5.74, 6) is -8.26. The van der Waals surface area contributed by atoms with Crippen LogP contribution < -0.4 is 16.0 Å². The maximum atomic E-state index is 15.7. The Kier molecular flexibility index (Phi) is 11.7. The number of amides is 4. The molecule has 0 bridgehead atoms. The monoisotopic (exact) mass is 881 g/mol. The fraction of sp³-hybridized carbons (Fsp3) is 0.465. The van der Waals surface area contributed by atoms with Gasteiger partial charge in [-0.05, 0) is 114 Å². The Morgan fingerprint density at radius 2 is 1.65 bits per heavy atom. The van der Waals surface area contributed by atoms with Gasteiger partial charge in [-0.2, -0.15) is 22.0 Å². The summed E-state index contributed by atoms with van der Waals surface area (Å²) in [6.07, 6.45) is -0.581. The molecule has 5 aromatic rings. The van der Waals surface area contributed by atoms with Gasteiger partial charge < -0.3 is 25.2 Å². The van der Waals surface area contributed by atoms with Gasteiger partial charge in [-0.15, -0.1) is 11.3 Å². The fourth-order valence-electron chi connectivity index (χ4n) is 8.79. The van der Waals surface area contributed by atoms with Crippen LogP contribution in [0.15, 0.2) is 53.1 Å². The lowest BCUT2D eigenvalue weighted by molar-refractivity contribution is -0.151. The van der Waals surface area contributed by atoms with E-state index in [1.54, 1.807) is 24.3 Å². The number of pyridine rings is 1. The van der Waals surface area contributed by atoms with Gasteiger partial charge in [0.25, 0.3) is 11.8 Å². The van der Waals surface area contributed by atoms with Gasteiger partial charge in [0.2, 0.25) is 11.8 Å². The average molecular weight is 882 g/mol. The van der Waals surface area contributed by atoms with Gasteiger partial charge in [0.1, 0.15) is 17.1 Å². The first-order chi connectivity index (χ1) is 29.3. The molecule has 1 atom stereocenters. The minimum Gasteiger partial charge on any atom is -0.386 e. The number of carbonyl (C=O) groups is 4. The van der Waals surface area contributed by atoms with Crippen LogP contribution >= 0.6 is 11.3 Å². The molecule has 62 heavy (non-hydrogen) atoms. The lowest BCUT2D eigenvalue weighted by Gasteiger charge is -2.38. The summed E-state index contributed by atoms with van der Waals surface area (Å²) in [5.41, 5.74) is -1.47. The van der Waals surface area contributed by atoms with Crippen molar-refractivity contribution in [2.24, 2.45) is 11.8 Å². The molecule has 3 aliphatic rings. The zero-order chi connectivity index (χ0) is 44.1. The number of piperidine rings is 2. The number of thiazole rings is 1. The van der Waals surface area contributed by atoms with Crippen LogP contribution in [0.4, 0.5) is 33.3 Å². The first kappa shape index (κ1) is 43.3. The Balaban J connectivity index is 0.849. The van der Waals surface area contributed by atoms with E-state index in [-0.39, 0.29) is 60.2 Å². The molecule has 2 aliphatic heterocycles. The highest BCUT2D eigenvalue weighted by Gasteiger charge is 2.48. The van der Waals surface area contributed by atoms with E-state index in [2.05, 4.69) is 31.0 Å². The number of hydrogen-bond acceptors (Lipinski definition) is 11. The van der Waals surface area contributed by atoms with Crippen LogP contribution in [0.1, 0.15) is 109 Å². The zero-order valence-corrected chi connectivity index (χ0v) is 34.6. The van der Waals surface area contributed by atoms with E-state index in [4.69, 9.17) is 9.51 Å². The standard InChI is InChI=1S/C43H44F5N7O6S/c1-41(2,60)27-19-31-32(20-30(27)50-38(58)29-7-4-8-33(49-29)43(46,47)48)62-39(51-31)23-11-9-22(10-12-23)21-55-17-15-24(16-18-55)42(44,45)40(59)52-28-6-3-5-25-35(54-61-36(25)28)26-13-14-34(56)53-37(26)57/h3-8,19-20,22-24,26,60H,9-18,21H2,1-2H3,(H,50,58)(H,52,59)(H,53,56,57). The number of benzene rings is 2. The van der Waals surface area contributed by atoms with Gasteiger partial charge >= 0.3 is 12.1 Å². The van der Waals surface area contributed by atoms with Crippen molar-refractivity contribution in [2.45, 2.75) is 94.7 Å².